The number of piperazine rings is 1. The molecule has 4 aromatic rings. The lowest BCUT2D eigenvalue weighted by molar-refractivity contribution is 0.0240. The molecule has 4 heterocycles. The van der Waals surface area contributed by atoms with Crippen LogP contribution in [-0.4, -0.2) is 70.1 Å². The number of fused-ring (bicyclic) bond motifs is 1. The first-order valence-corrected chi connectivity index (χ1v) is 14.8. The number of hydrogen-bond donors (Lipinski definition) is 0. The van der Waals surface area contributed by atoms with Crippen LogP contribution in [-0.2, 0) is 4.74 Å². The van der Waals surface area contributed by atoms with Crippen molar-refractivity contribution < 1.29 is 22.7 Å². The third-order valence-electron chi connectivity index (χ3n) is 7.87. The summed E-state index contributed by atoms with van der Waals surface area (Å²) in [5, 5.41) is 4.71. The molecule has 1 amide bonds. The highest BCUT2D eigenvalue weighted by Gasteiger charge is 2.36. The lowest BCUT2D eigenvalue weighted by Crippen LogP contribution is -2.50. The number of benzene rings is 2. The molecule has 2 aliphatic heterocycles. The van der Waals surface area contributed by atoms with Crippen LogP contribution < -0.4 is 9.80 Å². The summed E-state index contributed by atoms with van der Waals surface area (Å²) in [6, 6.07) is 14.3. The van der Waals surface area contributed by atoms with Gasteiger partial charge in [-0.15, -0.1) is 5.10 Å². The Labute approximate surface area is 254 Å². The van der Waals surface area contributed by atoms with Gasteiger partial charge in [-0.05, 0) is 74.9 Å². The van der Waals surface area contributed by atoms with Crippen LogP contribution in [0.5, 0.6) is 0 Å². The van der Waals surface area contributed by atoms with Crippen LogP contribution in [0.2, 0.25) is 0 Å². The molecule has 2 fully saturated rings. The molecule has 230 valence electrons. The average molecular weight is 605 g/mol. The number of alkyl halides is 1. The Morgan fingerprint density at radius 3 is 2.45 bits per heavy atom. The number of anilines is 2. The van der Waals surface area contributed by atoms with Crippen molar-refractivity contribution in [2.75, 3.05) is 42.5 Å². The van der Waals surface area contributed by atoms with Crippen molar-refractivity contribution in [2.24, 2.45) is 0 Å². The number of hydrogen-bond acceptors (Lipinski definition) is 6. The standard InChI is InChI=1S/C33H35F3N6O2/c1-33(2,3)44-32(43)40-16-14-39(15-17-40)25-8-4-22(5-9-25)6-10-26-20-37-30-12-13-31(38-42(26)30)41-21-24(35)19-29(41)27-18-23(34)7-11-28(27)36/h4-13,18,20,24,29H,14-17,19,21H2,1-3H3/b10-6+/t24-,29+/m0/s1. The van der Waals surface area contributed by atoms with Gasteiger partial charge in [-0.2, -0.15) is 0 Å². The van der Waals surface area contributed by atoms with Gasteiger partial charge >= 0.3 is 6.09 Å². The normalized spacial score (nSPS) is 19.4. The second-order valence-electron chi connectivity index (χ2n) is 12.2. The number of amides is 1. The third kappa shape index (κ3) is 6.36. The first-order chi connectivity index (χ1) is 21.0. The maximum Gasteiger partial charge on any atom is 0.410 e. The number of carbonyl (C=O) groups excluding carboxylic acids is 1. The summed E-state index contributed by atoms with van der Waals surface area (Å²) in [6.07, 6.45) is 4.13. The minimum Gasteiger partial charge on any atom is -0.444 e. The van der Waals surface area contributed by atoms with Crippen LogP contribution in [0.25, 0.3) is 17.8 Å². The lowest BCUT2D eigenvalue weighted by atomic mass is 10.0. The smallest absolute Gasteiger partial charge is 0.410 e. The fourth-order valence-electron chi connectivity index (χ4n) is 5.70. The zero-order chi connectivity index (χ0) is 31.0. The molecule has 0 radical (unpaired) electrons. The van der Waals surface area contributed by atoms with E-state index in [0.717, 1.165) is 42.5 Å². The SMILES string of the molecule is CC(C)(C)OC(=O)N1CCN(c2ccc(/C=C/c3cnc4ccc(N5C[C@@H](F)C[C@@H]5c5cc(F)ccc5F)nn34)cc2)CC1. The number of imidazole rings is 1. The summed E-state index contributed by atoms with van der Waals surface area (Å²) < 4.78 is 50.3. The van der Waals surface area contributed by atoms with E-state index in [-0.39, 0.29) is 24.6 Å². The second-order valence-corrected chi connectivity index (χ2v) is 12.2. The summed E-state index contributed by atoms with van der Waals surface area (Å²) in [4.78, 5) is 22.5. The van der Waals surface area contributed by atoms with Crippen LogP contribution in [0.15, 0.2) is 60.8 Å². The maximum absolute atomic E-state index is 14.6. The van der Waals surface area contributed by atoms with E-state index in [1.54, 1.807) is 32.6 Å². The zero-order valence-electron chi connectivity index (χ0n) is 25.0. The van der Waals surface area contributed by atoms with Crippen LogP contribution in [0, 0.1) is 11.6 Å². The van der Waals surface area contributed by atoms with E-state index in [2.05, 4.69) is 22.0 Å². The molecule has 11 heteroatoms. The van der Waals surface area contributed by atoms with Crippen LogP contribution in [0.3, 0.4) is 0 Å². The van der Waals surface area contributed by atoms with Crippen LogP contribution >= 0.6 is 0 Å². The van der Waals surface area contributed by atoms with Gasteiger partial charge in [-0.3, -0.25) is 0 Å². The number of rotatable bonds is 5. The van der Waals surface area contributed by atoms with Crippen molar-refractivity contribution in [1.82, 2.24) is 19.5 Å². The van der Waals surface area contributed by atoms with Gasteiger partial charge in [0.15, 0.2) is 5.65 Å². The third-order valence-corrected chi connectivity index (χ3v) is 7.87. The van der Waals surface area contributed by atoms with Gasteiger partial charge in [0, 0.05) is 43.9 Å². The number of carbonyl (C=O) groups is 1. The molecule has 2 atom stereocenters. The molecule has 2 aromatic carbocycles. The highest BCUT2D eigenvalue weighted by Crippen LogP contribution is 2.38. The Bertz CT molecular complexity index is 1680. The molecule has 2 aromatic heterocycles. The minimum atomic E-state index is -1.20. The highest BCUT2D eigenvalue weighted by atomic mass is 19.1. The molecule has 6 rings (SSSR count). The summed E-state index contributed by atoms with van der Waals surface area (Å²) in [5.41, 5.74) is 2.99. The van der Waals surface area contributed by atoms with Crippen LogP contribution in [0.1, 0.15) is 50.1 Å². The van der Waals surface area contributed by atoms with Gasteiger partial charge in [0.25, 0.3) is 0 Å². The van der Waals surface area contributed by atoms with Crippen molar-refractivity contribution in [3.63, 3.8) is 0 Å². The van der Waals surface area contributed by atoms with E-state index in [1.165, 1.54) is 0 Å². The molecule has 0 N–H and O–H groups in total. The fraction of sp³-hybridized carbons (Fsp3) is 0.364. The van der Waals surface area contributed by atoms with Gasteiger partial charge in [0.1, 0.15) is 29.2 Å². The Balaban J connectivity index is 1.15. The largest absolute Gasteiger partial charge is 0.444 e. The number of aromatic nitrogens is 3. The summed E-state index contributed by atoms with van der Waals surface area (Å²) in [6.45, 7) is 8.26. The number of ether oxygens (including phenoxy) is 1. The topological polar surface area (TPSA) is 66.2 Å². The molecule has 0 saturated carbocycles. The van der Waals surface area contributed by atoms with E-state index in [9.17, 15) is 18.0 Å². The van der Waals surface area contributed by atoms with Crippen LogP contribution in [0.4, 0.5) is 29.5 Å². The number of halogens is 3. The molecule has 2 saturated heterocycles. The molecule has 0 unspecified atom stereocenters. The van der Waals surface area contributed by atoms with Crippen molar-refractivity contribution in [2.45, 2.75) is 45.0 Å². The monoisotopic (exact) mass is 604 g/mol. The van der Waals surface area contributed by atoms with E-state index in [4.69, 9.17) is 9.84 Å². The van der Waals surface area contributed by atoms with E-state index >= 15 is 0 Å². The van der Waals surface area contributed by atoms with Crippen molar-refractivity contribution >= 4 is 35.4 Å². The van der Waals surface area contributed by atoms with E-state index < -0.39 is 29.4 Å². The van der Waals surface area contributed by atoms with Crippen molar-refractivity contribution in [3.8, 4) is 0 Å². The summed E-state index contributed by atoms with van der Waals surface area (Å²) in [7, 11) is 0. The molecule has 0 aliphatic carbocycles. The molecule has 0 spiro atoms. The lowest BCUT2D eigenvalue weighted by Gasteiger charge is -2.36. The maximum atomic E-state index is 14.6. The Morgan fingerprint density at radius 1 is 0.977 bits per heavy atom. The first-order valence-electron chi connectivity index (χ1n) is 14.8. The molecule has 44 heavy (non-hydrogen) atoms. The molecule has 2 aliphatic rings. The minimum absolute atomic E-state index is 0.0292. The molecular weight excluding hydrogens is 569 g/mol. The Hall–Kier alpha value is -4.54. The Morgan fingerprint density at radius 2 is 1.73 bits per heavy atom. The predicted octanol–water partition coefficient (Wildman–Crippen LogP) is 6.52. The van der Waals surface area contributed by atoms with E-state index in [0.29, 0.717) is 30.2 Å². The zero-order valence-corrected chi connectivity index (χ0v) is 25.0. The Kier molecular flexibility index (Phi) is 7.96. The highest BCUT2D eigenvalue weighted by molar-refractivity contribution is 5.71. The van der Waals surface area contributed by atoms with Crippen molar-refractivity contribution in [3.05, 3.63) is 89.2 Å². The van der Waals surface area contributed by atoms with Gasteiger partial charge in [-0.1, -0.05) is 18.2 Å². The van der Waals surface area contributed by atoms with Gasteiger partial charge < -0.3 is 19.4 Å². The fourth-order valence-corrected chi connectivity index (χ4v) is 5.70. The summed E-state index contributed by atoms with van der Waals surface area (Å²) in [5.74, 6) is -0.685. The van der Waals surface area contributed by atoms with E-state index in [1.807, 2.05) is 45.1 Å². The quantitative estimate of drug-likeness (QED) is 0.258. The predicted molar refractivity (Wildman–Crippen MR) is 164 cm³/mol. The second kappa shape index (κ2) is 11.9. The summed E-state index contributed by atoms with van der Waals surface area (Å²) >= 11 is 0. The number of nitrogens with zero attached hydrogens (tertiary/aromatic N) is 6. The molecule has 8 nitrogen and oxygen atoms in total. The first kappa shape index (κ1) is 29.5. The molecular formula is C33H35F3N6O2. The average Bonchev–Trinajstić information content (AvgIpc) is 3.59. The van der Waals surface area contributed by atoms with Gasteiger partial charge in [0.05, 0.1) is 24.5 Å². The van der Waals surface area contributed by atoms with Gasteiger partial charge in [-0.25, -0.2) is 27.5 Å². The van der Waals surface area contributed by atoms with Crippen molar-refractivity contribution in [1.29, 1.82) is 0 Å². The molecule has 0 bridgehead atoms. The van der Waals surface area contributed by atoms with Gasteiger partial charge in [0.2, 0.25) is 0 Å².